The van der Waals surface area contributed by atoms with Gasteiger partial charge >= 0.3 is 0 Å². The normalized spacial score (nSPS) is 16.1. The smallest absolute Gasteiger partial charge is 0.230 e. The van der Waals surface area contributed by atoms with Gasteiger partial charge in [0.1, 0.15) is 5.75 Å². The van der Waals surface area contributed by atoms with Crippen molar-refractivity contribution in [3.05, 3.63) is 34.6 Å². The SMILES string of the molecule is CCn1c(SCC(=O)NC2CCCCCC2)nnc1C(C)Oc1ccc(Cl)c(C)c1. The number of hydrogen-bond donors (Lipinski definition) is 1. The maximum absolute atomic E-state index is 12.4. The van der Waals surface area contributed by atoms with Crippen LogP contribution in [-0.2, 0) is 11.3 Å². The number of nitrogens with one attached hydrogen (secondary N) is 1. The number of nitrogens with zero attached hydrogens (tertiary/aromatic N) is 3. The van der Waals surface area contributed by atoms with Crippen LogP contribution in [0.15, 0.2) is 23.4 Å². The van der Waals surface area contributed by atoms with Crippen molar-refractivity contribution < 1.29 is 9.53 Å². The van der Waals surface area contributed by atoms with Crippen LogP contribution in [0.1, 0.15) is 69.9 Å². The van der Waals surface area contributed by atoms with Crippen molar-refractivity contribution >= 4 is 29.3 Å². The Morgan fingerprint density at radius 3 is 2.70 bits per heavy atom. The highest BCUT2D eigenvalue weighted by molar-refractivity contribution is 7.99. The molecular weight excluding hydrogens is 420 g/mol. The Hall–Kier alpha value is -1.73. The zero-order valence-electron chi connectivity index (χ0n) is 18.0. The molecule has 1 aliphatic rings. The van der Waals surface area contributed by atoms with E-state index in [1.807, 2.05) is 43.5 Å². The largest absolute Gasteiger partial charge is 0.483 e. The minimum absolute atomic E-state index is 0.0695. The van der Waals surface area contributed by atoms with Crippen molar-refractivity contribution in [2.75, 3.05) is 5.75 Å². The van der Waals surface area contributed by atoms with E-state index in [0.29, 0.717) is 23.4 Å². The lowest BCUT2D eigenvalue weighted by Gasteiger charge is -2.17. The maximum Gasteiger partial charge on any atom is 0.230 e. The van der Waals surface area contributed by atoms with Gasteiger partial charge in [-0.25, -0.2) is 0 Å². The Kier molecular flexibility index (Phi) is 8.45. The second kappa shape index (κ2) is 11.0. The summed E-state index contributed by atoms with van der Waals surface area (Å²) in [5.41, 5.74) is 0.967. The minimum Gasteiger partial charge on any atom is -0.483 e. The molecule has 2 aromatic rings. The summed E-state index contributed by atoms with van der Waals surface area (Å²) in [5.74, 6) is 1.91. The molecule has 30 heavy (non-hydrogen) atoms. The second-order valence-electron chi connectivity index (χ2n) is 7.80. The number of benzene rings is 1. The van der Waals surface area contributed by atoms with Crippen molar-refractivity contribution in [1.29, 1.82) is 0 Å². The van der Waals surface area contributed by atoms with Crippen molar-refractivity contribution in [1.82, 2.24) is 20.1 Å². The third-order valence-corrected chi connectivity index (χ3v) is 6.81. The molecule has 0 radical (unpaired) electrons. The highest BCUT2D eigenvalue weighted by Crippen LogP contribution is 2.27. The van der Waals surface area contributed by atoms with Gasteiger partial charge in [-0.05, 0) is 57.4 Å². The van der Waals surface area contributed by atoms with Crippen LogP contribution in [0, 0.1) is 6.92 Å². The van der Waals surface area contributed by atoms with E-state index in [1.165, 1.54) is 37.4 Å². The molecule has 1 aliphatic carbocycles. The minimum atomic E-state index is -0.271. The summed E-state index contributed by atoms with van der Waals surface area (Å²) in [6, 6.07) is 5.92. The number of halogens is 1. The van der Waals surface area contributed by atoms with Crippen LogP contribution >= 0.6 is 23.4 Å². The van der Waals surface area contributed by atoms with Gasteiger partial charge in [0, 0.05) is 17.6 Å². The number of amides is 1. The number of ether oxygens (including phenoxy) is 1. The number of rotatable bonds is 8. The molecule has 1 unspecified atom stereocenters. The van der Waals surface area contributed by atoms with E-state index in [0.717, 1.165) is 35.1 Å². The number of hydrogen-bond acceptors (Lipinski definition) is 5. The van der Waals surface area contributed by atoms with Crippen LogP contribution in [0.25, 0.3) is 0 Å². The molecule has 0 saturated heterocycles. The predicted molar refractivity (Wildman–Crippen MR) is 121 cm³/mol. The van der Waals surface area contributed by atoms with Crippen molar-refractivity contribution in [3.63, 3.8) is 0 Å². The molecule has 1 fully saturated rings. The molecule has 1 amide bonds. The van der Waals surface area contributed by atoms with Crippen LogP contribution in [0.2, 0.25) is 5.02 Å². The molecule has 8 heteroatoms. The van der Waals surface area contributed by atoms with Crippen LogP contribution in [0.3, 0.4) is 0 Å². The van der Waals surface area contributed by atoms with Crippen molar-refractivity contribution in [3.8, 4) is 5.75 Å². The van der Waals surface area contributed by atoms with Crippen LogP contribution in [0.5, 0.6) is 5.75 Å². The standard InChI is InChI=1S/C22H31ClN4O2S/c1-4-27-21(16(3)29-18-11-12-19(23)15(2)13-18)25-26-22(27)30-14-20(28)24-17-9-7-5-6-8-10-17/h11-13,16-17H,4-10,14H2,1-3H3,(H,24,28). The Morgan fingerprint density at radius 1 is 1.30 bits per heavy atom. The number of carbonyl (C=O) groups excluding carboxylic acids is 1. The fraction of sp³-hybridized carbons (Fsp3) is 0.591. The number of thioether (sulfide) groups is 1. The summed E-state index contributed by atoms with van der Waals surface area (Å²) in [6.07, 6.45) is 6.87. The summed E-state index contributed by atoms with van der Waals surface area (Å²) in [5, 5.41) is 13.3. The summed E-state index contributed by atoms with van der Waals surface area (Å²) >= 11 is 7.52. The lowest BCUT2D eigenvalue weighted by molar-refractivity contribution is -0.119. The van der Waals surface area contributed by atoms with E-state index >= 15 is 0 Å². The fourth-order valence-electron chi connectivity index (χ4n) is 3.78. The number of aryl methyl sites for hydroxylation is 1. The lowest BCUT2D eigenvalue weighted by Crippen LogP contribution is -2.35. The predicted octanol–water partition coefficient (Wildman–Crippen LogP) is 5.33. The Labute approximate surface area is 188 Å². The molecule has 1 atom stereocenters. The fourth-order valence-corrected chi connectivity index (χ4v) is 4.71. The zero-order valence-corrected chi connectivity index (χ0v) is 19.6. The quantitative estimate of drug-likeness (QED) is 0.434. The van der Waals surface area contributed by atoms with E-state index in [4.69, 9.17) is 16.3 Å². The monoisotopic (exact) mass is 450 g/mol. The molecule has 1 heterocycles. The van der Waals surface area contributed by atoms with Crippen LogP contribution in [0.4, 0.5) is 0 Å². The Bertz CT molecular complexity index is 850. The van der Waals surface area contributed by atoms with E-state index in [1.54, 1.807) is 0 Å². The highest BCUT2D eigenvalue weighted by atomic mass is 35.5. The van der Waals surface area contributed by atoms with Gasteiger partial charge in [0.2, 0.25) is 5.91 Å². The van der Waals surface area contributed by atoms with E-state index in [2.05, 4.69) is 15.5 Å². The van der Waals surface area contributed by atoms with Gasteiger partial charge in [-0.2, -0.15) is 0 Å². The first-order chi connectivity index (χ1) is 14.5. The first-order valence-electron chi connectivity index (χ1n) is 10.8. The summed E-state index contributed by atoms with van der Waals surface area (Å²) in [4.78, 5) is 12.4. The molecule has 1 N–H and O–H groups in total. The molecule has 0 bridgehead atoms. The molecule has 0 aliphatic heterocycles. The molecule has 6 nitrogen and oxygen atoms in total. The van der Waals surface area contributed by atoms with Gasteiger partial charge < -0.3 is 14.6 Å². The lowest BCUT2D eigenvalue weighted by atomic mass is 10.1. The molecule has 0 spiro atoms. The average Bonchev–Trinajstić information content (AvgIpc) is 2.97. The molecule has 1 aromatic heterocycles. The van der Waals surface area contributed by atoms with Gasteiger partial charge in [-0.3, -0.25) is 4.79 Å². The van der Waals surface area contributed by atoms with Gasteiger partial charge in [-0.1, -0.05) is 49.0 Å². The first kappa shape index (κ1) is 22.9. The number of aromatic nitrogens is 3. The molecule has 164 valence electrons. The van der Waals surface area contributed by atoms with Crippen molar-refractivity contribution in [2.45, 2.75) is 83.1 Å². The maximum atomic E-state index is 12.4. The van der Waals surface area contributed by atoms with E-state index in [-0.39, 0.29) is 12.0 Å². The first-order valence-corrected chi connectivity index (χ1v) is 12.1. The van der Waals surface area contributed by atoms with Gasteiger partial charge in [0.25, 0.3) is 0 Å². The van der Waals surface area contributed by atoms with Crippen LogP contribution < -0.4 is 10.1 Å². The number of carbonyl (C=O) groups is 1. The molecule has 1 saturated carbocycles. The summed E-state index contributed by atoms with van der Waals surface area (Å²) < 4.78 is 8.07. The molecule has 1 aromatic carbocycles. The van der Waals surface area contributed by atoms with E-state index in [9.17, 15) is 4.79 Å². The summed E-state index contributed by atoms with van der Waals surface area (Å²) in [7, 11) is 0. The second-order valence-corrected chi connectivity index (χ2v) is 9.15. The van der Waals surface area contributed by atoms with Gasteiger partial charge in [-0.15, -0.1) is 10.2 Å². The highest BCUT2D eigenvalue weighted by Gasteiger charge is 2.20. The third-order valence-electron chi connectivity index (χ3n) is 5.42. The van der Waals surface area contributed by atoms with Crippen LogP contribution in [-0.4, -0.2) is 32.5 Å². The van der Waals surface area contributed by atoms with Crippen molar-refractivity contribution in [2.24, 2.45) is 0 Å². The zero-order chi connectivity index (χ0) is 21.5. The Morgan fingerprint density at radius 2 is 2.03 bits per heavy atom. The Balaban J connectivity index is 1.58. The van der Waals surface area contributed by atoms with Gasteiger partial charge in [0.15, 0.2) is 17.1 Å². The topological polar surface area (TPSA) is 69.0 Å². The summed E-state index contributed by atoms with van der Waals surface area (Å²) in [6.45, 7) is 6.65. The molecule has 3 rings (SSSR count). The molecular formula is C22H31ClN4O2S. The third kappa shape index (κ3) is 6.14. The van der Waals surface area contributed by atoms with Gasteiger partial charge in [0.05, 0.1) is 5.75 Å². The average molecular weight is 451 g/mol. The van der Waals surface area contributed by atoms with E-state index < -0.39 is 0 Å².